The van der Waals surface area contributed by atoms with Crippen molar-refractivity contribution in [3.63, 3.8) is 0 Å². The van der Waals surface area contributed by atoms with Crippen molar-refractivity contribution in [3.05, 3.63) is 63.2 Å². The molecule has 2 fully saturated rings. The fourth-order valence-electron chi connectivity index (χ4n) is 8.37. The van der Waals surface area contributed by atoms with Gasteiger partial charge < -0.3 is 15.1 Å². The lowest BCUT2D eigenvalue weighted by molar-refractivity contribution is -0.0855. The number of likely N-dealkylation sites (tertiary alicyclic amines) is 1. The average molecular weight is 663 g/mol. The van der Waals surface area contributed by atoms with E-state index in [0.717, 1.165) is 101 Å². The first-order valence-corrected chi connectivity index (χ1v) is 18.7. The van der Waals surface area contributed by atoms with E-state index in [0.29, 0.717) is 36.2 Å². The summed E-state index contributed by atoms with van der Waals surface area (Å²) < 4.78 is 34.0. The molecule has 8 bridgehead atoms. The molecule has 0 aliphatic carbocycles. The fraction of sp³-hybridized carbons (Fsp3) is 0.667. The molecule has 1 N–H and O–H groups in total. The number of aryl methyl sites for hydroxylation is 1. The highest BCUT2D eigenvalue weighted by atomic mass is 19.3. The van der Waals surface area contributed by atoms with Crippen LogP contribution in [0.1, 0.15) is 132 Å². The number of nitrogens with one attached hydrogen (secondary N) is 1. The van der Waals surface area contributed by atoms with Crippen LogP contribution in [0.25, 0.3) is 11.0 Å². The average Bonchev–Trinajstić information content (AvgIpc) is 3.07. The Hall–Kier alpha value is -2.91. The Labute approximate surface area is 285 Å². The van der Waals surface area contributed by atoms with Crippen molar-refractivity contribution in [2.24, 2.45) is 5.92 Å². The predicted octanol–water partition coefficient (Wildman–Crippen LogP) is 8.58. The second-order valence-electron chi connectivity index (χ2n) is 15.2. The summed E-state index contributed by atoms with van der Waals surface area (Å²) in [6.07, 6.45) is 9.41. The van der Waals surface area contributed by atoms with Crippen molar-refractivity contribution in [2.45, 2.75) is 129 Å². The minimum absolute atomic E-state index is 0.00616. The van der Waals surface area contributed by atoms with Crippen molar-refractivity contribution in [3.8, 4) is 0 Å². The molecule has 0 saturated carbocycles. The number of alkyl halides is 2. The van der Waals surface area contributed by atoms with Gasteiger partial charge in [0, 0.05) is 35.2 Å². The van der Waals surface area contributed by atoms with E-state index in [1.807, 2.05) is 30.5 Å². The van der Waals surface area contributed by atoms with Gasteiger partial charge in [-0.05, 0) is 129 Å². The molecule has 4 aliphatic heterocycles. The molecular formula is C39H56F2N6O. The second-order valence-corrected chi connectivity index (χ2v) is 15.2. The molecule has 0 spiro atoms. The Bertz CT molecular complexity index is 1610. The Morgan fingerprint density at radius 1 is 0.875 bits per heavy atom. The van der Waals surface area contributed by atoms with Gasteiger partial charge >= 0.3 is 0 Å². The fourth-order valence-corrected chi connectivity index (χ4v) is 8.37. The molecule has 9 heteroatoms. The van der Waals surface area contributed by atoms with E-state index in [-0.39, 0.29) is 29.1 Å². The van der Waals surface area contributed by atoms with Gasteiger partial charge in [0.25, 0.3) is 11.5 Å². The summed E-state index contributed by atoms with van der Waals surface area (Å²) in [6.45, 7) is 14.9. The highest BCUT2D eigenvalue weighted by Crippen LogP contribution is 2.42. The number of halogens is 2. The summed E-state index contributed by atoms with van der Waals surface area (Å²) in [5.74, 6) is -2.13. The molecule has 7 nitrogen and oxygen atoms in total. The van der Waals surface area contributed by atoms with E-state index < -0.39 is 11.8 Å². The van der Waals surface area contributed by atoms with Crippen molar-refractivity contribution in [1.29, 1.82) is 0 Å². The SMILES string of the molecule is Cc1nc2c3cc(C4CCN(C(C)C)CC4)c(=O)n(c3n1)C(C)CCCCCCCN1CCC(CC1)C(F)(F)c1cccc(c1)[C@@H](C)N2. The number of fused-ring (bicyclic) bond motifs is 10. The third kappa shape index (κ3) is 7.47. The third-order valence-electron chi connectivity index (χ3n) is 11.5. The van der Waals surface area contributed by atoms with Crippen molar-refractivity contribution in [2.75, 3.05) is 38.0 Å². The quantitative estimate of drug-likeness (QED) is 0.297. The molecule has 0 radical (unpaired) electrons. The zero-order chi connectivity index (χ0) is 34.0. The smallest absolute Gasteiger partial charge is 0.276 e. The number of piperidine rings is 2. The van der Waals surface area contributed by atoms with Gasteiger partial charge in [0.2, 0.25) is 0 Å². The number of anilines is 1. The van der Waals surface area contributed by atoms with Crippen molar-refractivity contribution >= 4 is 16.9 Å². The lowest BCUT2D eigenvalue weighted by Crippen LogP contribution is -2.40. The monoisotopic (exact) mass is 662 g/mol. The number of nitrogens with zero attached hydrogens (tertiary/aromatic N) is 5. The summed E-state index contributed by atoms with van der Waals surface area (Å²) in [4.78, 5) is 29.0. The predicted molar refractivity (Wildman–Crippen MR) is 191 cm³/mol. The molecule has 6 heterocycles. The lowest BCUT2D eigenvalue weighted by atomic mass is 9.85. The molecule has 3 aromatic rings. The van der Waals surface area contributed by atoms with E-state index >= 15 is 8.78 Å². The molecule has 2 saturated heterocycles. The van der Waals surface area contributed by atoms with Gasteiger partial charge in [-0.3, -0.25) is 9.36 Å². The van der Waals surface area contributed by atoms with Gasteiger partial charge in [-0.25, -0.2) is 18.7 Å². The number of hydrogen-bond acceptors (Lipinski definition) is 6. The minimum atomic E-state index is -2.89. The first kappa shape index (κ1) is 34.9. The molecule has 4 aliphatic rings. The minimum Gasteiger partial charge on any atom is -0.363 e. The first-order valence-electron chi connectivity index (χ1n) is 18.7. The molecule has 1 unspecified atom stereocenters. The summed E-state index contributed by atoms with van der Waals surface area (Å²) in [7, 11) is 0. The largest absolute Gasteiger partial charge is 0.363 e. The lowest BCUT2D eigenvalue weighted by Gasteiger charge is -2.36. The molecule has 48 heavy (non-hydrogen) atoms. The third-order valence-corrected chi connectivity index (χ3v) is 11.5. The highest BCUT2D eigenvalue weighted by Gasteiger charge is 2.42. The Balaban J connectivity index is 1.41. The van der Waals surface area contributed by atoms with Gasteiger partial charge in [0.1, 0.15) is 17.3 Å². The molecule has 1 aromatic carbocycles. The zero-order valence-corrected chi connectivity index (χ0v) is 29.8. The first-order chi connectivity index (χ1) is 23.0. The van der Waals surface area contributed by atoms with E-state index in [4.69, 9.17) is 9.97 Å². The van der Waals surface area contributed by atoms with Gasteiger partial charge in [-0.15, -0.1) is 0 Å². The standard InChI is InChI=1S/C39H56F2N6O/c1-26(2)46-22-15-30(16-23-46)34-25-35-36-42-28(4)31-13-11-14-33(24-31)39(40,41)32-17-20-45(21-18-32)19-10-8-6-7-9-12-27(3)47(38(34)48)37(35)44-29(5)43-36/h11,13-14,24-28,30,32H,6-10,12,15-23H2,1-5H3,(H,42,43,44)/t27?,28-/m1/s1. The van der Waals surface area contributed by atoms with Gasteiger partial charge in [0.15, 0.2) is 0 Å². The number of rotatable bonds is 2. The molecular weight excluding hydrogens is 606 g/mol. The van der Waals surface area contributed by atoms with Crippen LogP contribution in [0, 0.1) is 12.8 Å². The van der Waals surface area contributed by atoms with Gasteiger partial charge in [0.05, 0.1) is 5.39 Å². The molecule has 262 valence electrons. The Morgan fingerprint density at radius 2 is 1.58 bits per heavy atom. The van der Waals surface area contributed by atoms with Crippen LogP contribution in [0.5, 0.6) is 0 Å². The molecule has 0 amide bonds. The molecule has 2 aromatic heterocycles. The number of benzene rings is 1. The van der Waals surface area contributed by atoms with E-state index in [1.54, 1.807) is 18.2 Å². The molecule has 2 atom stereocenters. The van der Waals surface area contributed by atoms with Crippen LogP contribution in [0.3, 0.4) is 0 Å². The maximum atomic E-state index is 16.0. The van der Waals surface area contributed by atoms with Crippen LogP contribution >= 0.6 is 0 Å². The Morgan fingerprint density at radius 3 is 2.31 bits per heavy atom. The summed E-state index contributed by atoms with van der Waals surface area (Å²) in [6, 6.07) is 9.18. The summed E-state index contributed by atoms with van der Waals surface area (Å²) in [5.41, 5.74) is 2.46. The van der Waals surface area contributed by atoms with Crippen LogP contribution in [0.2, 0.25) is 0 Å². The summed E-state index contributed by atoms with van der Waals surface area (Å²) >= 11 is 0. The Kier molecular flexibility index (Phi) is 10.9. The van der Waals surface area contributed by atoms with Crippen LogP contribution < -0.4 is 10.9 Å². The van der Waals surface area contributed by atoms with E-state index in [9.17, 15) is 4.79 Å². The van der Waals surface area contributed by atoms with Crippen molar-refractivity contribution < 1.29 is 8.78 Å². The zero-order valence-electron chi connectivity index (χ0n) is 29.8. The van der Waals surface area contributed by atoms with Gasteiger partial charge in [-0.1, -0.05) is 43.9 Å². The summed E-state index contributed by atoms with van der Waals surface area (Å²) in [5, 5.41) is 4.41. The van der Waals surface area contributed by atoms with Crippen LogP contribution in [0.4, 0.5) is 14.6 Å². The molecule has 7 rings (SSSR count). The van der Waals surface area contributed by atoms with Crippen molar-refractivity contribution in [1.82, 2.24) is 24.3 Å². The normalized spacial score (nSPS) is 26.7. The van der Waals surface area contributed by atoms with Crippen LogP contribution in [-0.2, 0) is 5.92 Å². The maximum absolute atomic E-state index is 16.0. The highest BCUT2D eigenvalue weighted by molar-refractivity contribution is 5.87. The second kappa shape index (κ2) is 14.9. The van der Waals surface area contributed by atoms with E-state index in [1.165, 1.54) is 0 Å². The number of aromatic nitrogens is 3. The maximum Gasteiger partial charge on any atom is 0.276 e. The topological polar surface area (TPSA) is 66.3 Å². The number of hydrogen-bond donors (Lipinski definition) is 1. The van der Waals surface area contributed by atoms with E-state index in [2.05, 4.69) is 35.9 Å². The number of pyridine rings is 1. The van der Waals surface area contributed by atoms with Gasteiger partial charge in [-0.2, -0.15) is 0 Å². The van der Waals surface area contributed by atoms with Crippen LogP contribution in [0.15, 0.2) is 35.1 Å². The van der Waals surface area contributed by atoms with Crippen LogP contribution in [-0.4, -0.2) is 63.1 Å².